The van der Waals surface area contributed by atoms with Crippen molar-refractivity contribution in [2.45, 2.75) is 31.0 Å². The summed E-state index contributed by atoms with van der Waals surface area (Å²) < 4.78 is 72.3. The van der Waals surface area contributed by atoms with Gasteiger partial charge in [0.2, 0.25) is 5.91 Å². The maximum Gasteiger partial charge on any atom is 0.418 e. The van der Waals surface area contributed by atoms with Crippen LogP contribution in [0.1, 0.15) is 19.4 Å². The molecule has 1 atom stereocenters. The number of carbonyl (C=O) groups is 1. The second-order valence-corrected chi connectivity index (χ2v) is 8.02. The van der Waals surface area contributed by atoms with E-state index in [-0.39, 0.29) is 29.1 Å². The van der Waals surface area contributed by atoms with Crippen molar-refractivity contribution >= 4 is 27.3 Å². The fourth-order valence-corrected chi connectivity index (χ4v) is 4.00. The lowest BCUT2D eigenvalue weighted by Crippen LogP contribution is -2.41. The minimum atomic E-state index is -4.72. The summed E-state index contributed by atoms with van der Waals surface area (Å²) in [5.41, 5.74) is -1.43. The van der Waals surface area contributed by atoms with Gasteiger partial charge in [0, 0.05) is 6.92 Å². The van der Waals surface area contributed by atoms with Crippen molar-refractivity contribution in [1.82, 2.24) is 0 Å². The monoisotopic (exact) mass is 414 g/mol. The first kappa shape index (κ1) is 20.0. The van der Waals surface area contributed by atoms with Gasteiger partial charge < -0.3 is 9.64 Å². The normalized spacial score (nSPS) is 16.9. The lowest BCUT2D eigenvalue weighted by atomic mass is 10.2. The third-order valence-corrected chi connectivity index (χ3v) is 5.52. The van der Waals surface area contributed by atoms with Crippen LogP contribution in [0.15, 0.2) is 47.4 Å². The topological polar surface area (TPSA) is 75.7 Å². The SMILES string of the molecule is CC(=O)N1C[C@H](C)Oc2ccc(S(=O)(=O)Nc3ccccc3C(F)(F)F)cc21. The molecular formula is C18H17F3N2O4S. The highest BCUT2D eigenvalue weighted by molar-refractivity contribution is 7.92. The smallest absolute Gasteiger partial charge is 0.418 e. The van der Waals surface area contributed by atoms with Crippen LogP contribution in [-0.4, -0.2) is 27.0 Å². The van der Waals surface area contributed by atoms with Crippen molar-refractivity contribution in [3.63, 3.8) is 0 Å². The van der Waals surface area contributed by atoms with Crippen molar-refractivity contribution in [3.05, 3.63) is 48.0 Å². The first-order valence-electron chi connectivity index (χ1n) is 8.27. The third kappa shape index (κ3) is 3.91. The molecular weight excluding hydrogens is 397 g/mol. The van der Waals surface area contributed by atoms with Crippen LogP contribution in [0, 0.1) is 0 Å². The molecule has 3 rings (SSSR count). The zero-order valence-corrected chi connectivity index (χ0v) is 15.8. The van der Waals surface area contributed by atoms with Crippen LogP contribution < -0.4 is 14.4 Å². The number of alkyl halides is 3. The number of anilines is 2. The van der Waals surface area contributed by atoms with Crippen LogP contribution in [-0.2, 0) is 21.0 Å². The number of ether oxygens (including phenoxy) is 1. The van der Waals surface area contributed by atoms with E-state index in [2.05, 4.69) is 0 Å². The molecule has 28 heavy (non-hydrogen) atoms. The number of nitrogens with one attached hydrogen (secondary N) is 1. The van der Waals surface area contributed by atoms with Gasteiger partial charge in [-0.05, 0) is 37.3 Å². The molecule has 1 heterocycles. The van der Waals surface area contributed by atoms with Crippen molar-refractivity contribution in [2.24, 2.45) is 0 Å². The largest absolute Gasteiger partial charge is 0.487 e. The lowest BCUT2D eigenvalue weighted by molar-refractivity contribution is -0.136. The summed E-state index contributed by atoms with van der Waals surface area (Å²) >= 11 is 0. The van der Waals surface area contributed by atoms with E-state index in [9.17, 15) is 26.4 Å². The van der Waals surface area contributed by atoms with Crippen LogP contribution in [0.5, 0.6) is 5.75 Å². The second kappa shape index (κ2) is 7.01. The van der Waals surface area contributed by atoms with E-state index in [1.54, 1.807) is 6.92 Å². The van der Waals surface area contributed by atoms with Crippen molar-refractivity contribution < 1.29 is 31.1 Å². The summed E-state index contributed by atoms with van der Waals surface area (Å²) in [5.74, 6) is 0.0184. The molecule has 6 nitrogen and oxygen atoms in total. The molecule has 0 unspecified atom stereocenters. The number of para-hydroxylation sites is 1. The Morgan fingerprint density at radius 1 is 1.21 bits per heavy atom. The number of benzene rings is 2. The summed E-state index contributed by atoms with van der Waals surface area (Å²) in [4.78, 5) is 13.0. The molecule has 1 aliphatic heterocycles. The van der Waals surface area contributed by atoms with E-state index in [4.69, 9.17) is 4.74 Å². The Morgan fingerprint density at radius 3 is 2.54 bits per heavy atom. The number of amides is 1. The van der Waals surface area contributed by atoms with Gasteiger partial charge in [0.15, 0.2) is 0 Å². The molecule has 0 saturated heterocycles. The zero-order chi connectivity index (χ0) is 20.7. The van der Waals surface area contributed by atoms with Gasteiger partial charge >= 0.3 is 6.18 Å². The summed E-state index contributed by atoms with van der Waals surface area (Å²) in [7, 11) is -4.34. The van der Waals surface area contributed by atoms with Gasteiger partial charge in [-0.15, -0.1) is 0 Å². The van der Waals surface area contributed by atoms with Gasteiger partial charge in [0.1, 0.15) is 11.9 Å². The molecule has 2 aromatic rings. The first-order chi connectivity index (χ1) is 13.0. The molecule has 0 radical (unpaired) electrons. The molecule has 0 bridgehead atoms. The van der Waals surface area contributed by atoms with E-state index in [1.807, 2.05) is 4.72 Å². The Labute approximate surface area is 160 Å². The van der Waals surface area contributed by atoms with E-state index in [0.29, 0.717) is 5.75 Å². The van der Waals surface area contributed by atoms with Crippen LogP contribution >= 0.6 is 0 Å². The number of nitrogens with zero attached hydrogens (tertiary/aromatic N) is 1. The molecule has 10 heteroatoms. The maximum absolute atomic E-state index is 13.1. The summed E-state index contributed by atoms with van der Waals surface area (Å²) in [5, 5.41) is 0. The zero-order valence-electron chi connectivity index (χ0n) is 14.9. The number of hydrogen-bond acceptors (Lipinski definition) is 4. The second-order valence-electron chi connectivity index (χ2n) is 6.34. The van der Waals surface area contributed by atoms with Crippen LogP contribution in [0.3, 0.4) is 0 Å². The Hall–Kier alpha value is -2.75. The van der Waals surface area contributed by atoms with Gasteiger partial charge in [-0.3, -0.25) is 9.52 Å². The molecule has 1 N–H and O–H groups in total. The summed E-state index contributed by atoms with van der Waals surface area (Å²) in [6.45, 7) is 3.33. The van der Waals surface area contributed by atoms with E-state index >= 15 is 0 Å². The molecule has 150 valence electrons. The first-order valence-corrected chi connectivity index (χ1v) is 9.75. The molecule has 2 aromatic carbocycles. The highest BCUT2D eigenvalue weighted by Gasteiger charge is 2.34. The van der Waals surface area contributed by atoms with Crippen LogP contribution in [0.25, 0.3) is 0 Å². The number of rotatable bonds is 3. The predicted molar refractivity (Wildman–Crippen MR) is 96.8 cm³/mol. The minimum Gasteiger partial charge on any atom is -0.487 e. The average molecular weight is 414 g/mol. The Kier molecular flexibility index (Phi) is 5.00. The Balaban J connectivity index is 2.01. The van der Waals surface area contributed by atoms with Crippen molar-refractivity contribution in [2.75, 3.05) is 16.2 Å². The minimum absolute atomic E-state index is 0.232. The predicted octanol–water partition coefficient (Wildman–Crippen LogP) is 3.64. The summed E-state index contributed by atoms with van der Waals surface area (Å²) in [6, 6.07) is 8.10. The number of carbonyl (C=O) groups excluding carboxylic acids is 1. The molecule has 0 spiro atoms. The molecule has 1 aliphatic rings. The van der Waals surface area contributed by atoms with Gasteiger partial charge in [0.05, 0.1) is 28.4 Å². The fourth-order valence-electron chi connectivity index (χ4n) is 2.91. The number of halogens is 3. The molecule has 1 amide bonds. The lowest BCUT2D eigenvalue weighted by Gasteiger charge is -2.33. The van der Waals surface area contributed by atoms with Crippen LogP contribution in [0.4, 0.5) is 24.5 Å². The quantitative estimate of drug-likeness (QED) is 0.832. The Morgan fingerprint density at radius 2 is 1.89 bits per heavy atom. The van der Waals surface area contributed by atoms with Gasteiger partial charge in [-0.1, -0.05) is 12.1 Å². The van der Waals surface area contributed by atoms with Crippen molar-refractivity contribution in [3.8, 4) is 5.75 Å². The van der Waals surface area contributed by atoms with Gasteiger partial charge in [0.25, 0.3) is 10.0 Å². The van der Waals surface area contributed by atoms with Gasteiger partial charge in [-0.25, -0.2) is 8.42 Å². The molecule has 0 saturated carbocycles. The van der Waals surface area contributed by atoms with Crippen LogP contribution in [0.2, 0.25) is 0 Å². The van der Waals surface area contributed by atoms with Crippen molar-refractivity contribution in [1.29, 1.82) is 0 Å². The third-order valence-electron chi connectivity index (χ3n) is 4.16. The summed E-state index contributed by atoms with van der Waals surface area (Å²) in [6.07, 6.45) is -5.00. The molecule has 0 aliphatic carbocycles. The van der Waals surface area contributed by atoms with E-state index in [1.165, 1.54) is 42.2 Å². The maximum atomic E-state index is 13.1. The standard InChI is InChI=1S/C18H17F3N2O4S/c1-11-10-23(12(2)24)16-9-13(7-8-17(16)27-11)28(25,26)22-15-6-4-3-5-14(15)18(19,20)21/h3-9,11,22H,10H2,1-2H3/t11-/m0/s1. The highest BCUT2D eigenvalue weighted by Crippen LogP contribution is 2.38. The Bertz CT molecular complexity index is 1020. The van der Waals surface area contributed by atoms with Gasteiger partial charge in [-0.2, -0.15) is 13.2 Å². The highest BCUT2D eigenvalue weighted by atomic mass is 32.2. The van der Waals surface area contributed by atoms with E-state index in [0.717, 1.165) is 12.1 Å². The molecule has 0 fully saturated rings. The number of sulfonamides is 1. The average Bonchev–Trinajstić information content (AvgIpc) is 2.59. The fraction of sp³-hybridized carbons (Fsp3) is 0.278. The number of hydrogen-bond donors (Lipinski definition) is 1. The molecule has 0 aromatic heterocycles. The van der Waals surface area contributed by atoms with E-state index < -0.39 is 27.5 Å². The number of fused-ring (bicyclic) bond motifs is 1.